The Hall–Kier alpha value is -17.7. The van der Waals surface area contributed by atoms with Crippen LogP contribution in [-0.4, -0.2) is 72.9 Å². The molecule has 0 spiro atoms. The second-order valence-electron chi connectivity index (χ2n) is 29.5. The number of fused-ring (bicyclic) bond motifs is 5. The SMILES string of the molecule is Cc1ccnc(-c2[c-]cc(F)c(C)c2F)c1.Cc1ccnc(-c2[c-]cc(F)c([N+](=O)[O-])c2F)c1.N#Cc1cc[c-]c(-n2[c-]nc3ccccc32)c1.N#Cc1cc[c-]c(-n2[c-]nc3ccccc32)c1.N#Cc1cc[c-]c(-n2[c-]nc3ccccc32)c1.[C-]#[N+]c1ccnc(-c2[c-]cc(F)c([N+](=O)[O-])c2F)c1.[C-]#[N+]c1ccnc(-c2[c-]cc(F)c([N+](=O)[O-])c2F)c1.[Ir+3].[Ir+3].[Ir+3].[Ir+3].[c-]1cc2ccccc2cc1-n1[c-]nc2ccccc21. The zero-order valence-electron chi connectivity index (χ0n) is 74.9. The first-order valence-electron chi connectivity index (χ1n) is 41.4. The molecule has 0 aliphatic carbocycles. The van der Waals surface area contributed by atoms with Gasteiger partial charge in [-0.1, -0.05) is 224 Å². The van der Waals surface area contributed by atoms with Crippen LogP contribution >= 0.6 is 0 Å². The number of nitro benzene ring substituents is 3. The Kier molecular flexibility index (Phi) is 39.0. The Bertz CT molecular complexity index is 8190. The summed E-state index contributed by atoms with van der Waals surface area (Å²) in [6.45, 7) is 18.7. The summed E-state index contributed by atoms with van der Waals surface area (Å²) < 4.78 is 115. The molecule has 0 amide bonds. The molecule has 0 aliphatic rings. The minimum absolute atomic E-state index is 0. The van der Waals surface area contributed by atoms with Crippen molar-refractivity contribution in [1.29, 1.82) is 15.8 Å². The molecule has 0 N–H and O–H groups in total. The summed E-state index contributed by atoms with van der Waals surface area (Å²) in [5.74, 6) is -9.06. The second-order valence-corrected chi connectivity index (χ2v) is 29.5. The third kappa shape index (κ3) is 26.3. The molecule has 0 radical (unpaired) electrons. The van der Waals surface area contributed by atoms with E-state index in [1.807, 2.05) is 133 Å². The zero-order valence-corrected chi connectivity index (χ0v) is 84.5. The van der Waals surface area contributed by atoms with Crippen molar-refractivity contribution in [3.63, 3.8) is 0 Å². The number of aryl methyl sites for hydroxylation is 2. The van der Waals surface area contributed by atoms with E-state index in [1.54, 1.807) is 93.6 Å². The van der Waals surface area contributed by atoms with E-state index in [0.29, 0.717) is 34.5 Å². The van der Waals surface area contributed by atoms with Gasteiger partial charge in [-0.2, -0.15) is 105 Å². The monoisotopic (exact) mass is 2650 g/mol. The van der Waals surface area contributed by atoms with E-state index in [9.17, 15) is 65.5 Å². The molecule has 0 atom stereocenters. The maximum absolute atomic E-state index is 13.9. The van der Waals surface area contributed by atoms with E-state index in [-0.39, 0.29) is 137 Å². The van der Waals surface area contributed by atoms with E-state index in [2.05, 4.69) is 160 Å². The Balaban J connectivity index is 0.000000170. The summed E-state index contributed by atoms with van der Waals surface area (Å²) >= 11 is 0. The average Bonchev–Trinajstić information content (AvgIpc) is 1.55. The van der Waals surface area contributed by atoms with Gasteiger partial charge in [0.15, 0.2) is 11.4 Å². The van der Waals surface area contributed by atoms with E-state index >= 15 is 0 Å². The van der Waals surface area contributed by atoms with Crippen LogP contribution in [0.1, 0.15) is 33.4 Å². The van der Waals surface area contributed by atoms with Crippen molar-refractivity contribution in [2.24, 2.45) is 0 Å². The van der Waals surface area contributed by atoms with Gasteiger partial charge in [0, 0.05) is 76.5 Å². The number of nitriles is 3. The van der Waals surface area contributed by atoms with E-state index in [0.717, 1.165) is 90.1 Å². The van der Waals surface area contributed by atoms with Crippen molar-refractivity contribution >= 4 is 83.3 Å². The molecule has 0 unspecified atom stereocenters. The van der Waals surface area contributed by atoms with Crippen molar-refractivity contribution in [2.75, 3.05) is 0 Å². The summed E-state index contributed by atoms with van der Waals surface area (Å²) in [6.07, 6.45) is 17.3. The number of benzene rings is 13. The first-order valence-corrected chi connectivity index (χ1v) is 41.4. The molecular formula is C108H56F8Ir4N20O6. The normalized spacial score (nSPS) is 10.1. The number of hydrogen-bond donors (Lipinski definition) is 0. The van der Waals surface area contributed by atoms with Crippen LogP contribution in [0, 0.1) is 219 Å². The number of para-hydroxylation sites is 8. The molecule has 0 bridgehead atoms. The number of nitro groups is 3. The Labute approximate surface area is 880 Å². The molecule has 146 heavy (non-hydrogen) atoms. The van der Waals surface area contributed by atoms with E-state index < -0.39 is 78.4 Å². The molecule has 21 aromatic rings. The number of halogens is 8. The molecule has 0 aliphatic heterocycles. The van der Waals surface area contributed by atoms with Gasteiger partial charge in [0.25, 0.3) is 17.1 Å². The first-order chi connectivity index (χ1) is 68.7. The number of pyridine rings is 4. The molecule has 8 aromatic heterocycles. The van der Waals surface area contributed by atoms with Gasteiger partial charge in [-0.15, -0.1) is 65.4 Å². The Morgan fingerprint density at radius 3 is 0.918 bits per heavy atom. The summed E-state index contributed by atoms with van der Waals surface area (Å²) in [4.78, 5) is 67.0. The number of rotatable bonds is 11. The maximum atomic E-state index is 13.9. The molecular weight excluding hydrogens is 2590 g/mol. The standard InChI is InChI=1S/C17H10N2.3C14H7N3.C13H10F2N.2C12H4F2N3O2.C12H7F2N2O2.4Ir/c1-2-6-14-11-15(10-9-13(14)5-1)19-12-18-16-7-3-4-8-17(16)19;3*15-9-11-4-3-5-12(8-11)17-10-16-13-6-1-2-7-14(13)17;1-8-5-6-16-12(7-8)10-3-4-11(14)9(2)13(10)15;2*1-15-7-4-5-16-10(6-7)8-2-3-9(13)12(11(8)14)17(18)19;1-7-4-5-15-10(6-7)8-2-3-9(13)12(11(8)14)16(17)18;;;;/h1-9,11H;3*1-4,6-8H;4-7H,1-2H3;2*3-6H;3-6H,1H3;;;;/q4*-2;4*-1;4*+3. The summed E-state index contributed by atoms with van der Waals surface area (Å²) in [5.41, 5.74) is 10.9. The van der Waals surface area contributed by atoms with Gasteiger partial charge in [-0.25, -0.2) is 34.0 Å². The van der Waals surface area contributed by atoms with Gasteiger partial charge >= 0.3 is 80.4 Å². The second kappa shape index (κ2) is 51.6. The van der Waals surface area contributed by atoms with Crippen LogP contribution in [0.25, 0.3) is 132 Å². The van der Waals surface area contributed by atoms with Gasteiger partial charge in [-0.05, 0) is 83.0 Å². The van der Waals surface area contributed by atoms with Crippen LogP contribution in [0.15, 0.2) is 286 Å². The summed E-state index contributed by atoms with van der Waals surface area (Å²) in [5, 5.41) is 60.8. The average molecular weight is 2650 g/mol. The van der Waals surface area contributed by atoms with Crippen LogP contribution < -0.4 is 0 Å². The smallest absolute Gasteiger partial charge is 0.448 e. The predicted octanol–water partition coefficient (Wildman–Crippen LogP) is 24.3. The van der Waals surface area contributed by atoms with Gasteiger partial charge in [0.2, 0.25) is 0 Å². The third-order valence-electron chi connectivity index (χ3n) is 20.3. The fraction of sp³-hybridized carbons (Fsp3) is 0.0278. The fourth-order valence-corrected chi connectivity index (χ4v) is 13.5. The topological polar surface area (TPSA) is 332 Å². The van der Waals surface area contributed by atoms with Gasteiger partial charge in [-0.3, -0.25) is 65.5 Å². The fourth-order valence-electron chi connectivity index (χ4n) is 13.5. The molecule has 0 saturated heterocycles. The maximum Gasteiger partial charge on any atom is 3.00 e. The van der Waals surface area contributed by atoms with Crippen LogP contribution in [0.5, 0.6) is 0 Å². The number of nitrogens with zero attached hydrogens (tertiary/aromatic N) is 20. The van der Waals surface area contributed by atoms with Crippen molar-refractivity contribution in [1.82, 2.24) is 58.1 Å². The van der Waals surface area contributed by atoms with Gasteiger partial charge in [0.05, 0.1) is 31.4 Å². The van der Waals surface area contributed by atoms with Crippen molar-refractivity contribution in [3.8, 4) is 86.0 Å². The first kappa shape index (κ1) is 110. The van der Waals surface area contributed by atoms with Crippen molar-refractivity contribution < 1.29 is 130 Å². The number of imidazole rings is 4. The van der Waals surface area contributed by atoms with Crippen LogP contribution in [0.2, 0.25) is 0 Å². The summed E-state index contributed by atoms with van der Waals surface area (Å²) in [7, 11) is 0. The van der Waals surface area contributed by atoms with Gasteiger partial charge < -0.3 is 58.1 Å². The molecule has 26 nitrogen and oxygen atoms in total. The zero-order chi connectivity index (χ0) is 101. The number of aromatic nitrogens is 12. The largest absolute Gasteiger partial charge is 3.00 e. The van der Waals surface area contributed by atoms with Crippen LogP contribution in [0.4, 0.5) is 63.6 Å². The van der Waals surface area contributed by atoms with E-state index in [1.165, 1.54) is 66.6 Å². The molecule has 13 aromatic carbocycles. The van der Waals surface area contributed by atoms with Crippen LogP contribution in [0.3, 0.4) is 0 Å². The molecule has 716 valence electrons. The third-order valence-corrected chi connectivity index (χ3v) is 20.3. The molecule has 0 fully saturated rings. The molecule has 38 heteroatoms. The van der Waals surface area contributed by atoms with Crippen molar-refractivity contribution in [2.45, 2.75) is 20.8 Å². The molecule has 8 heterocycles. The Morgan fingerprint density at radius 1 is 0.329 bits per heavy atom. The summed E-state index contributed by atoms with van der Waals surface area (Å²) in [6, 6.07) is 103. The Morgan fingerprint density at radius 2 is 0.610 bits per heavy atom. The molecule has 21 rings (SSSR count). The van der Waals surface area contributed by atoms with E-state index in [4.69, 9.17) is 28.9 Å². The number of hydrogen-bond acceptors (Lipinski definition) is 17. The van der Waals surface area contributed by atoms with Crippen molar-refractivity contribution in [3.05, 3.63) is 493 Å². The quantitative estimate of drug-likeness (QED) is 0.0502. The van der Waals surface area contributed by atoms with Gasteiger partial charge in [0.1, 0.15) is 34.9 Å². The minimum atomic E-state index is -1.36. The minimum Gasteiger partial charge on any atom is -0.448 e. The van der Waals surface area contributed by atoms with Crippen LogP contribution in [-0.2, 0) is 80.4 Å². The predicted molar refractivity (Wildman–Crippen MR) is 507 cm³/mol. The molecule has 0 saturated carbocycles.